The van der Waals surface area contributed by atoms with Gasteiger partial charge in [0.1, 0.15) is 5.78 Å². The first-order valence-electron chi connectivity index (χ1n) is 4.97. The molecule has 0 radical (unpaired) electrons. The Labute approximate surface area is 92.8 Å². The molecule has 0 aromatic heterocycles. The smallest absolute Gasteiger partial charge is 0.233 e. The summed E-state index contributed by atoms with van der Waals surface area (Å²) in [6.07, 6.45) is 1.65. The van der Waals surface area contributed by atoms with Crippen LogP contribution in [0, 0.1) is 0 Å². The molecule has 0 heterocycles. The van der Waals surface area contributed by atoms with E-state index in [4.69, 9.17) is 0 Å². The molecule has 3 heteroatoms. The van der Waals surface area contributed by atoms with E-state index in [0.29, 0.717) is 11.1 Å². The molecule has 1 aromatic carbocycles. The van der Waals surface area contributed by atoms with E-state index in [-0.39, 0.29) is 17.8 Å². The summed E-state index contributed by atoms with van der Waals surface area (Å²) in [6.45, 7) is 1.40. The topological polar surface area (TPSA) is 51.2 Å². The normalized spacial score (nSPS) is 14.4. The van der Waals surface area contributed by atoms with E-state index in [0.717, 1.165) is 0 Å². The van der Waals surface area contributed by atoms with Crippen LogP contribution in [0.15, 0.2) is 29.8 Å². The highest BCUT2D eigenvalue weighted by atomic mass is 16.2. The fraction of sp³-hybridized carbons (Fsp3) is 0.154. The number of ketones is 3. The van der Waals surface area contributed by atoms with Crippen molar-refractivity contribution in [1.82, 2.24) is 0 Å². The molecule has 0 spiro atoms. The second-order valence-electron chi connectivity index (χ2n) is 3.79. The number of carbonyl (C=O) groups excluding carboxylic acids is 3. The maximum atomic E-state index is 11.7. The van der Waals surface area contributed by atoms with Crippen LogP contribution in [-0.2, 0) is 9.59 Å². The molecule has 1 aliphatic carbocycles. The van der Waals surface area contributed by atoms with Crippen molar-refractivity contribution in [3.8, 4) is 0 Å². The standard InChI is InChI=1S/C13H10O3/c1-8(14)6-10-7-9-4-2-3-5-11(9)13(16)12(10)15/h2-5,7H,6H2,1H3. The van der Waals surface area contributed by atoms with Crippen LogP contribution in [0.25, 0.3) is 6.08 Å². The molecule has 0 aliphatic heterocycles. The molecular weight excluding hydrogens is 204 g/mol. The number of benzene rings is 1. The van der Waals surface area contributed by atoms with Gasteiger partial charge < -0.3 is 0 Å². The first-order chi connectivity index (χ1) is 7.59. The molecule has 80 valence electrons. The third-order valence-corrected chi connectivity index (χ3v) is 2.47. The zero-order valence-corrected chi connectivity index (χ0v) is 8.82. The average molecular weight is 214 g/mol. The molecule has 0 saturated carbocycles. The Morgan fingerprint density at radius 2 is 1.81 bits per heavy atom. The molecule has 0 N–H and O–H groups in total. The van der Waals surface area contributed by atoms with Crippen LogP contribution >= 0.6 is 0 Å². The van der Waals surface area contributed by atoms with Crippen molar-refractivity contribution in [1.29, 1.82) is 0 Å². The van der Waals surface area contributed by atoms with Gasteiger partial charge in [0, 0.05) is 17.6 Å². The minimum absolute atomic E-state index is 0.0267. The van der Waals surface area contributed by atoms with Gasteiger partial charge in [-0.1, -0.05) is 24.3 Å². The molecule has 0 saturated heterocycles. The highest BCUT2D eigenvalue weighted by Gasteiger charge is 2.27. The molecule has 16 heavy (non-hydrogen) atoms. The van der Waals surface area contributed by atoms with Gasteiger partial charge in [0.05, 0.1) is 0 Å². The minimum atomic E-state index is -0.561. The van der Waals surface area contributed by atoms with Crippen molar-refractivity contribution in [2.24, 2.45) is 0 Å². The number of hydrogen-bond acceptors (Lipinski definition) is 3. The number of carbonyl (C=O) groups is 3. The van der Waals surface area contributed by atoms with Gasteiger partial charge in [-0.25, -0.2) is 0 Å². The fourth-order valence-electron chi connectivity index (χ4n) is 1.75. The SMILES string of the molecule is CC(=O)CC1=Cc2ccccc2C(=O)C1=O. The number of allylic oxidation sites excluding steroid dienone is 1. The lowest BCUT2D eigenvalue weighted by atomic mass is 9.88. The van der Waals surface area contributed by atoms with Crippen LogP contribution in [0.3, 0.4) is 0 Å². The molecule has 0 bridgehead atoms. The van der Waals surface area contributed by atoms with Crippen LogP contribution in [0.1, 0.15) is 29.3 Å². The molecule has 0 atom stereocenters. The number of hydrogen-bond donors (Lipinski definition) is 0. The summed E-state index contributed by atoms with van der Waals surface area (Å²) in [6, 6.07) is 6.90. The number of Topliss-reactive ketones (excluding diaryl/α,β-unsaturated/α-hetero) is 3. The van der Waals surface area contributed by atoms with Gasteiger partial charge in [-0.15, -0.1) is 0 Å². The predicted molar refractivity (Wildman–Crippen MR) is 59.1 cm³/mol. The van der Waals surface area contributed by atoms with Crippen molar-refractivity contribution in [2.45, 2.75) is 13.3 Å². The van der Waals surface area contributed by atoms with Crippen molar-refractivity contribution in [2.75, 3.05) is 0 Å². The molecule has 0 fully saturated rings. The molecule has 1 aliphatic rings. The van der Waals surface area contributed by atoms with Crippen molar-refractivity contribution >= 4 is 23.4 Å². The summed E-state index contributed by atoms with van der Waals surface area (Å²) < 4.78 is 0. The zero-order chi connectivity index (χ0) is 11.7. The first-order valence-corrected chi connectivity index (χ1v) is 4.97. The molecular formula is C13H10O3. The van der Waals surface area contributed by atoms with Gasteiger partial charge in [-0.2, -0.15) is 0 Å². The lowest BCUT2D eigenvalue weighted by Crippen LogP contribution is -2.22. The predicted octanol–water partition coefficient (Wildman–Crippen LogP) is 1.81. The van der Waals surface area contributed by atoms with Gasteiger partial charge in [0.2, 0.25) is 11.6 Å². The highest BCUT2D eigenvalue weighted by Crippen LogP contribution is 2.23. The summed E-state index contributed by atoms with van der Waals surface area (Å²) in [5.74, 6) is -1.20. The van der Waals surface area contributed by atoms with E-state index in [9.17, 15) is 14.4 Å². The summed E-state index contributed by atoms with van der Waals surface area (Å²) in [5, 5.41) is 0. The molecule has 3 nitrogen and oxygen atoms in total. The second-order valence-corrected chi connectivity index (χ2v) is 3.79. The summed E-state index contributed by atoms with van der Waals surface area (Å²) >= 11 is 0. The number of fused-ring (bicyclic) bond motifs is 1. The quantitative estimate of drug-likeness (QED) is 0.705. The lowest BCUT2D eigenvalue weighted by molar-refractivity contribution is -0.118. The Bertz CT molecular complexity index is 524. The van der Waals surface area contributed by atoms with Gasteiger partial charge in [-0.3, -0.25) is 14.4 Å². The Morgan fingerprint density at radius 1 is 1.12 bits per heavy atom. The first kappa shape index (κ1) is 10.5. The van der Waals surface area contributed by atoms with Gasteiger partial charge in [0.25, 0.3) is 0 Å². The summed E-state index contributed by atoms with van der Waals surface area (Å²) in [7, 11) is 0. The van der Waals surface area contributed by atoms with Gasteiger partial charge in [-0.05, 0) is 18.6 Å². The lowest BCUT2D eigenvalue weighted by Gasteiger charge is -2.12. The second kappa shape index (κ2) is 3.85. The largest absolute Gasteiger partial charge is 0.300 e. The third-order valence-electron chi connectivity index (χ3n) is 2.47. The van der Waals surface area contributed by atoms with Crippen LogP contribution in [0.4, 0.5) is 0 Å². The van der Waals surface area contributed by atoms with Crippen LogP contribution in [-0.4, -0.2) is 17.3 Å². The molecule has 1 aromatic rings. The molecule has 0 unspecified atom stereocenters. The Morgan fingerprint density at radius 3 is 2.50 bits per heavy atom. The third kappa shape index (κ3) is 1.72. The average Bonchev–Trinajstić information content (AvgIpc) is 2.25. The van der Waals surface area contributed by atoms with Crippen molar-refractivity contribution in [3.05, 3.63) is 41.0 Å². The fourth-order valence-corrected chi connectivity index (χ4v) is 1.75. The zero-order valence-electron chi connectivity index (χ0n) is 8.82. The van der Waals surface area contributed by atoms with E-state index in [1.54, 1.807) is 30.3 Å². The van der Waals surface area contributed by atoms with Crippen molar-refractivity contribution < 1.29 is 14.4 Å². The van der Waals surface area contributed by atoms with E-state index in [1.165, 1.54) is 6.92 Å². The Kier molecular flexibility index (Phi) is 2.52. The Hall–Kier alpha value is -2.03. The molecule has 2 rings (SSSR count). The number of rotatable bonds is 2. The van der Waals surface area contributed by atoms with Crippen LogP contribution in [0.5, 0.6) is 0 Å². The van der Waals surface area contributed by atoms with Gasteiger partial charge >= 0.3 is 0 Å². The van der Waals surface area contributed by atoms with Gasteiger partial charge in [0.15, 0.2) is 0 Å². The Balaban J connectivity index is 2.51. The summed E-state index contributed by atoms with van der Waals surface area (Å²) in [4.78, 5) is 34.3. The maximum absolute atomic E-state index is 11.7. The molecule has 0 amide bonds. The van der Waals surface area contributed by atoms with E-state index < -0.39 is 11.6 Å². The monoisotopic (exact) mass is 214 g/mol. The van der Waals surface area contributed by atoms with E-state index in [1.807, 2.05) is 0 Å². The van der Waals surface area contributed by atoms with E-state index in [2.05, 4.69) is 0 Å². The maximum Gasteiger partial charge on any atom is 0.233 e. The van der Waals surface area contributed by atoms with Crippen LogP contribution < -0.4 is 0 Å². The van der Waals surface area contributed by atoms with Crippen molar-refractivity contribution in [3.63, 3.8) is 0 Å². The minimum Gasteiger partial charge on any atom is -0.300 e. The highest BCUT2D eigenvalue weighted by molar-refractivity contribution is 6.52. The summed E-state index contributed by atoms with van der Waals surface area (Å²) in [5.41, 5.74) is 1.42. The van der Waals surface area contributed by atoms with E-state index >= 15 is 0 Å². The van der Waals surface area contributed by atoms with Crippen LogP contribution in [0.2, 0.25) is 0 Å².